The van der Waals surface area contributed by atoms with E-state index >= 15 is 0 Å². The fourth-order valence-corrected chi connectivity index (χ4v) is 2.74. The molecule has 1 unspecified atom stereocenters. The number of benzene rings is 1. The van der Waals surface area contributed by atoms with Gasteiger partial charge in [0.1, 0.15) is 5.75 Å². The van der Waals surface area contributed by atoms with Crippen LogP contribution in [0.2, 0.25) is 0 Å². The van der Waals surface area contributed by atoms with Crippen LogP contribution in [0.4, 0.5) is 0 Å². The summed E-state index contributed by atoms with van der Waals surface area (Å²) in [6, 6.07) is 5.40. The number of unbranched alkanes of at least 4 members (excludes halogenated alkanes) is 5. The van der Waals surface area contributed by atoms with Gasteiger partial charge in [-0.15, -0.1) is 0 Å². The molecule has 0 spiro atoms. The summed E-state index contributed by atoms with van der Waals surface area (Å²) in [5.41, 5.74) is 1.59. The van der Waals surface area contributed by atoms with Crippen molar-refractivity contribution in [2.75, 3.05) is 6.61 Å². The van der Waals surface area contributed by atoms with Gasteiger partial charge in [-0.2, -0.15) is 0 Å². The van der Waals surface area contributed by atoms with Crippen molar-refractivity contribution in [3.05, 3.63) is 29.3 Å². The SMILES string of the molecule is CCCCCCCCOC(=O)C(C)c1ccc(O)c(C(C)(C)C)c1. The van der Waals surface area contributed by atoms with Gasteiger partial charge in [-0.25, -0.2) is 0 Å². The highest BCUT2D eigenvalue weighted by molar-refractivity contribution is 5.77. The van der Waals surface area contributed by atoms with Crippen LogP contribution in [0.25, 0.3) is 0 Å². The Hall–Kier alpha value is -1.51. The number of ether oxygens (including phenoxy) is 1. The van der Waals surface area contributed by atoms with Crippen molar-refractivity contribution in [3.63, 3.8) is 0 Å². The van der Waals surface area contributed by atoms with E-state index in [9.17, 15) is 9.90 Å². The van der Waals surface area contributed by atoms with Crippen molar-refractivity contribution in [2.24, 2.45) is 0 Å². The van der Waals surface area contributed by atoms with Crippen molar-refractivity contribution in [1.29, 1.82) is 0 Å². The molecular weight excluding hydrogens is 300 g/mol. The minimum absolute atomic E-state index is 0.164. The average molecular weight is 335 g/mol. The zero-order valence-corrected chi connectivity index (χ0v) is 16.0. The number of carbonyl (C=O) groups is 1. The second-order valence-electron chi connectivity index (χ2n) is 7.68. The number of aromatic hydroxyl groups is 1. The van der Waals surface area contributed by atoms with Crippen LogP contribution in [-0.2, 0) is 14.9 Å². The second-order valence-corrected chi connectivity index (χ2v) is 7.68. The number of rotatable bonds is 9. The van der Waals surface area contributed by atoms with Gasteiger partial charge in [-0.3, -0.25) is 4.79 Å². The van der Waals surface area contributed by atoms with Crippen LogP contribution in [0.1, 0.15) is 90.2 Å². The molecule has 3 heteroatoms. The lowest BCUT2D eigenvalue weighted by Gasteiger charge is -2.22. The van der Waals surface area contributed by atoms with Gasteiger partial charge >= 0.3 is 5.97 Å². The molecule has 136 valence electrons. The highest BCUT2D eigenvalue weighted by Crippen LogP contribution is 2.33. The highest BCUT2D eigenvalue weighted by Gasteiger charge is 2.22. The highest BCUT2D eigenvalue weighted by atomic mass is 16.5. The van der Waals surface area contributed by atoms with Gasteiger partial charge in [0.05, 0.1) is 12.5 Å². The van der Waals surface area contributed by atoms with E-state index in [0.29, 0.717) is 6.61 Å². The van der Waals surface area contributed by atoms with Crippen LogP contribution in [0.5, 0.6) is 5.75 Å². The lowest BCUT2D eigenvalue weighted by atomic mass is 9.84. The maximum atomic E-state index is 12.2. The topological polar surface area (TPSA) is 46.5 Å². The molecule has 1 rings (SSSR count). The molecule has 0 aliphatic heterocycles. The van der Waals surface area contributed by atoms with E-state index in [0.717, 1.165) is 24.0 Å². The van der Waals surface area contributed by atoms with Crippen LogP contribution >= 0.6 is 0 Å². The standard InChI is InChI=1S/C21H34O3/c1-6-7-8-9-10-11-14-24-20(23)16(2)17-12-13-19(22)18(15-17)21(3,4)5/h12-13,15-16,22H,6-11,14H2,1-5H3. The first kappa shape index (κ1) is 20.5. The molecule has 0 fully saturated rings. The van der Waals surface area contributed by atoms with Crippen LogP contribution in [0.15, 0.2) is 18.2 Å². The van der Waals surface area contributed by atoms with Crippen molar-refractivity contribution in [3.8, 4) is 5.75 Å². The zero-order chi connectivity index (χ0) is 18.2. The fraction of sp³-hybridized carbons (Fsp3) is 0.667. The minimum Gasteiger partial charge on any atom is -0.508 e. The number of phenols is 1. The Bertz CT molecular complexity index is 514. The van der Waals surface area contributed by atoms with E-state index in [1.165, 1.54) is 25.7 Å². The molecule has 0 saturated carbocycles. The maximum Gasteiger partial charge on any atom is 0.313 e. The van der Waals surface area contributed by atoms with E-state index in [1.54, 1.807) is 12.1 Å². The molecule has 1 aromatic rings. The number of phenolic OH excluding ortho intramolecular Hbond substituents is 1. The second kappa shape index (κ2) is 9.71. The molecule has 0 saturated heterocycles. The quantitative estimate of drug-likeness (QED) is 0.465. The van der Waals surface area contributed by atoms with E-state index in [4.69, 9.17) is 4.74 Å². The van der Waals surface area contributed by atoms with Crippen molar-refractivity contribution in [2.45, 2.75) is 84.5 Å². The summed E-state index contributed by atoms with van der Waals surface area (Å²) >= 11 is 0. The first-order valence-corrected chi connectivity index (χ1v) is 9.27. The van der Waals surface area contributed by atoms with Gasteiger partial charge in [0, 0.05) is 0 Å². The predicted octanol–water partition coefficient (Wildman–Crippen LogP) is 5.70. The first-order chi connectivity index (χ1) is 11.3. The summed E-state index contributed by atoms with van der Waals surface area (Å²) in [5, 5.41) is 10.0. The summed E-state index contributed by atoms with van der Waals surface area (Å²) in [5.74, 6) is -0.222. The smallest absolute Gasteiger partial charge is 0.313 e. The summed E-state index contributed by atoms with van der Waals surface area (Å²) in [7, 11) is 0. The molecule has 3 nitrogen and oxygen atoms in total. The van der Waals surface area contributed by atoms with Crippen molar-refractivity contribution < 1.29 is 14.6 Å². The molecule has 0 aliphatic carbocycles. The normalized spacial score (nSPS) is 12.9. The maximum absolute atomic E-state index is 12.2. The third kappa shape index (κ3) is 6.54. The Balaban J connectivity index is 2.51. The van der Waals surface area contributed by atoms with Crippen molar-refractivity contribution in [1.82, 2.24) is 0 Å². The van der Waals surface area contributed by atoms with Crippen molar-refractivity contribution >= 4 is 5.97 Å². The molecule has 1 N–H and O–H groups in total. The third-order valence-corrected chi connectivity index (χ3v) is 4.42. The molecular formula is C21H34O3. The van der Waals surface area contributed by atoms with E-state index < -0.39 is 0 Å². The average Bonchev–Trinajstić information content (AvgIpc) is 2.52. The molecule has 0 aliphatic rings. The Morgan fingerprint density at radius 3 is 2.38 bits per heavy atom. The molecule has 0 amide bonds. The molecule has 1 aromatic carbocycles. The zero-order valence-electron chi connectivity index (χ0n) is 16.0. The Morgan fingerprint density at radius 2 is 1.75 bits per heavy atom. The molecule has 24 heavy (non-hydrogen) atoms. The Labute approximate surface area is 147 Å². The van der Waals surface area contributed by atoms with Gasteiger partial charge in [0.2, 0.25) is 0 Å². The van der Waals surface area contributed by atoms with E-state index in [2.05, 4.69) is 6.92 Å². The lowest BCUT2D eigenvalue weighted by molar-refractivity contribution is -0.145. The van der Waals surface area contributed by atoms with Gasteiger partial charge in [0.15, 0.2) is 0 Å². The Kier molecular flexibility index (Phi) is 8.30. The number of carbonyl (C=O) groups excluding carboxylic acids is 1. The van der Waals surface area contributed by atoms with Gasteiger partial charge < -0.3 is 9.84 Å². The van der Waals surface area contributed by atoms with Gasteiger partial charge in [-0.1, -0.05) is 71.9 Å². The van der Waals surface area contributed by atoms with Crippen LogP contribution < -0.4 is 0 Å². The van der Waals surface area contributed by atoms with Gasteiger partial charge in [-0.05, 0) is 36.0 Å². The molecule has 1 atom stereocenters. The molecule has 0 heterocycles. The van der Waals surface area contributed by atoms with Crippen LogP contribution in [-0.4, -0.2) is 17.7 Å². The summed E-state index contributed by atoms with van der Waals surface area (Å²) in [6.45, 7) is 10.7. The Morgan fingerprint density at radius 1 is 1.12 bits per heavy atom. The molecule has 0 bridgehead atoms. The van der Waals surface area contributed by atoms with Crippen LogP contribution in [0, 0.1) is 0 Å². The molecule has 0 radical (unpaired) electrons. The summed E-state index contributed by atoms with van der Waals surface area (Å²) in [6.07, 6.45) is 7.07. The summed E-state index contributed by atoms with van der Waals surface area (Å²) < 4.78 is 5.42. The summed E-state index contributed by atoms with van der Waals surface area (Å²) in [4.78, 5) is 12.2. The monoisotopic (exact) mass is 334 g/mol. The molecule has 0 aromatic heterocycles. The number of esters is 1. The minimum atomic E-state index is -0.313. The first-order valence-electron chi connectivity index (χ1n) is 9.27. The predicted molar refractivity (Wildman–Crippen MR) is 99.6 cm³/mol. The largest absolute Gasteiger partial charge is 0.508 e. The number of hydrogen-bond acceptors (Lipinski definition) is 3. The fourth-order valence-electron chi connectivity index (χ4n) is 2.74. The lowest BCUT2D eigenvalue weighted by Crippen LogP contribution is -2.16. The van der Waals surface area contributed by atoms with E-state index in [1.807, 2.05) is 33.8 Å². The van der Waals surface area contributed by atoms with Crippen LogP contribution in [0.3, 0.4) is 0 Å². The van der Waals surface area contributed by atoms with E-state index in [-0.39, 0.29) is 23.1 Å². The number of hydrogen-bond donors (Lipinski definition) is 1. The third-order valence-electron chi connectivity index (χ3n) is 4.42. The van der Waals surface area contributed by atoms with Gasteiger partial charge in [0.25, 0.3) is 0 Å².